The molecule has 2 aromatic rings. The summed E-state index contributed by atoms with van der Waals surface area (Å²) in [5, 5.41) is 19.6. The molecule has 0 radical (unpaired) electrons. The molecule has 36 heavy (non-hydrogen) atoms. The van der Waals surface area contributed by atoms with E-state index in [2.05, 4.69) is 0 Å². The first kappa shape index (κ1) is 27.5. The monoisotopic (exact) mass is 500 g/mol. The zero-order valence-electron chi connectivity index (χ0n) is 21.3. The lowest BCUT2D eigenvalue weighted by Gasteiger charge is -2.49. The SMILES string of the molecule is CC(C)OCCOC(=O)C1C(c2ccc(O)cc2)C(C(=O)OCCOC(C)C)C1c1ccc(O)cc1. The summed E-state index contributed by atoms with van der Waals surface area (Å²) in [6.07, 6.45) is 0.0291. The van der Waals surface area contributed by atoms with Gasteiger partial charge in [-0.2, -0.15) is 0 Å². The Kier molecular flexibility index (Phi) is 9.73. The summed E-state index contributed by atoms with van der Waals surface area (Å²) in [6.45, 7) is 8.33. The maximum absolute atomic E-state index is 13.3. The van der Waals surface area contributed by atoms with Crippen molar-refractivity contribution >= 4 is 11.9 Å². The van der Waals surface area contributed by atoms with Gasteiger partial charge in [0.15, 0.2) is 0 Å². The molecule has 1 fully saturated rings. The maximum atomic E-state index is 13.3. The number of ether oxygens (including phenoxy) is 4. The van der Waals surface area contributed by atoms with E-state index in [1.807, 2.05) is 27.7 Å². The molecule has 0 atom stereocenters. The lowest BCUT2D eigenvalue weighted by molar-refractivity contribution is -0.169. The highest BCUT2D eigenvalue weighted by molar-refractivity contribution is 5.85. The Bertz CT molecular complexity index is 894. The second-order valence-electron chi connectivity index (χ2n) is 9.46. The van der Waals surface area contributed by atoms with Crippen LogP contribution >= 0.6 is 0 Å². The Hall–Kier alpha value is -3.10. The molecule has 2 aromatic carbocycles. The third kappa shape index (κ3) is 6.98. The molecule has 1 aliphatic carbocycles. The molecule has 0 aliphatic heterocycles. The Labute approximate surface area is 212 Å². The van der Waals surface area contributed by atoms with Crippen LogP contribution in [0, 0.1) is 11.8 Å². The van der Waals surface area contributed by atoms with Gasteiger partial charge in [-0.25, -0.2) is 0 Å². The predicted octanol–water partition coefficient (Wildman–Crippen LogP) is 4.15. The molecule has 0 aromatic heterocycles. The standard InChI is InChI=1S/C28H36O8/c1-17(2)33-13-15-35-27(31)25-23(19-5-9-21(29)10-6-19)26(28(32)36-16-14-34-18(3)4)24(25)20-7-11-22(30)12-8-20/h5-12,17-18,23-26,29-30H,13-16H2,1-4H3. The molecule has 8 heteroatoms. The number of carbonyl (C=O) groups is 2. The van der Waals surface area contributed by atoms with Crippen molar-refractivity contribution in [1.29, 1.82) is 0 Å². The molecule has 1 saturated carbocycles. The van der Waals surface area contributed by atoms with Crippen LogP contribution in [-0.2, 0) is 28.5 Å². The number of benzene rings is 2. The molecule has 0 unspecified atom stereocenters. The summed E-state index contributed by atoms with van der Waals surface area (Å²) in [4.78, 5) is 26.7. The summed E-state index contributed by atoms with van der Waals surface area (Å²) < 4.78 is 22.1. The fourth-order valence-electron chi connectivity index (χ4n) is 4.60. The van der Waals surface area contributed by atoms with Gasteiger partial charge in [0.05, 0.1) is 37.3 Å². The van der Waals surface area contributed by atoms with Gasteiger partial charge in [0.2, 0.25) is 0 Å². The summed E-state index contributed by atoms with van der Waals surface area (Å²) in [6, 6.07) is 12.9. The van der Waals surface area contributed by atoms with Crippen molar-refractivity contribution in [2.75, 3.05) is 26.4 Å². The predicted molar refractivity (Wildman–Crippen MR) is 133 cm³/mol. The van der Waals surface area contributed by atoms with Gasteiger partial charge >= 0.3 is 11.9 Å². The van der Waals surface area contributed by atoms with Crippen LogP contribution in [0.15, 0.2) is 48.5 Å². The number of esters is 2. The van der Waals surface area contributed by atoms with E-state index in [0.29, 0.717) is 0 Å². The van der Waals surface area contributed by atoms with Gasteiger partial charge in [-0.15, -0.1) is 0 Å². The quantitative estimate of drug-likeness (QED) is 0.330. The maximum Gasteiger partial charge on any atom is 0.310 e. The minimum atomic E-state index is -0.664. The molecule has 8 nitrogen and oxygen atoms in total. The Morgan fingerprint density at radius 2 is 0.972 bits per heavy atom. The number of phenols is 2. The number of hydrogen-bond acceptors (Lipinski definition) is 8. The van der Waals surface area contributed by atoms with Gasteiger partial charge < -0.3 is 29.2 Å². The van der Waals surface area contributed by atoms with Gasteiger partial charge in [-0.3, -0.25) is 9.59 Å². The van der Waals surface area contributed by atoms with Crippen LogP contribution in [0.2, 0.25) is 0 Å². The molecular formula is C28H36O8. The van der Waals surface area contributed by atoms with Crippen molar-refractivity contribution in [3.8, 4) is 11.5 Å². The van der Waals surface area contributed by atoms with E-state index in [9.17, 15) is 19.8 Å². The number of aromatic hydroxyl groups is 2. The number of rotatable bonds is 12. The summed E-state index contributed by atoms with van der Waals surface area (Å²) >= 11 is 0. The lowest BCUT2D eigenvalue weighted by Crippen LogP contribution is -2.52. The van der Waals surface area contributed by atoms with Gasteiger partial charge in [0, 0.05) is 11.8 Å². The first-order valence-electron chi connectivity index (χ1n) is 12.3. The Morgan fingerprint density at radius 1 is 0.639 bits per heavy atom. The van der Waals surface area contributed by atoms with Crippen LogP contribution in [0.1, 0.15) is 50.7 Å². The van der Waals surface area contributed by atoms with Crippen molar-refractivity contribution in [3.05, 3.63) is 59.7 Å². The number of phenolic OH excluding ortho intramolecular Hbond substituents is 2. The van der Waals surface area contributed by atoms with Crippen molar-refractivity contribution in [3.63, 3.8) is 0 Å². The molecule has 0 amide bonds. The summed E-state index contributed by atoms with van der Waals surface area (Å²) in [5.74, 6) is -3.06. The van der Waals surface area contributed by atoms with E-state index >= 15 is 0 Å². The van der Waals surface area contributed by atoms with Crippen molar-refractivity contribution in [2.24, 2.45) is 11.8 Å². The van der Waals surface area contributed by atoms with Crippen LogP contribution in [-0.4, -0.2) is 60.8 Å². The van der Waals surface area contributed by atoms with Crippen molar-refractivity contribution < 1.29 is 38.7 Å². The fraction of sp³-hybridized carbons (Fsp3) is 0.500. The van der Waals surface area contributed by atoms with E-state index < -0.39 is 35.6 Å². The van der Waals surface area contributed by atoms with Crippen LogP contribution < -0.4 is 0 Å². The Balaban J connectivity index is 1.89. The summed E-state index contributed by atoms with van der Waals surface area (Å²) in [5.41, 5.74) is 1.45. The minimum Gasteiger partial charge on any atom is -0.508 e. The lowest BCUT2D eigenvalue weighted by atomic mass is 9.52. The van der Waals surface area contributed by atoms with Crippen LogP contribution in [0.5, 0.6) is 11.5 Å². The average Bonchev–Trinajstić information content (AvgIpc) is 2.81. The van der Waals surface area contributed by atoms with E-state index in [1.54, 1.807) is 24.3 Å². The van der Waals surface area contributed by atoms with E-state index in [1.165, 1.54) is 24.3 Å². The molecule has 3 rings (SSSR count). The third-order valence-corrected chi connectivity index (χ3v) is 6.21. The largest absolute Gasteiger partial charge is 0.508 e. The Morgan fingerprint density at radius 3 is 1.28 bits per heavy atom. The molecule has 0 heterocycles. The number of carbonyl (C=O) groups excluding carboxylic acids is 2. The van der Waals surface area contributed by atoms with E-state index in [-0.39, 0.29) is 50.1 Å². The van der Waals surface area contributed by atoms with E-state index in [4.69, 9.17) is 18.9 Å². The second-order valence-corrected chi connectivity index (χ2v) is 9.46. The molecule has 196 valence electrons. The zero-order chi connectivity index (χ0) is 26.2. The number of hydrogen-bond donors (Lipinski definition) is 2. The van der Waals surface area contributed by atoms with Crippen LogP contribution in [0.4, 0.5) is 0 Å². The highest BCUT2D eigenvalue weighted by Crippen LogP contribution is 2.58. The normalized spacial score (nSPS) is 21.3. The molecule has 0 saturated heterocycles. The van der Waals surface area contributed by atoms with Crippen molar-refractivity contribution in [2.45, 2.75) is 51.7 Å². The topological polar surface area (TPSA) is 112 Å². The zero-order valence-corrected chi connectivity index (χ0v) is 21.3. The van der Waals surface area contributed by atoms with E-state index in [0.717, 1.165) is 11.1 Å². The molecule has 0 spiro atoms. The van der Waals surface area contributed by atoms with Gasteiger partial charge in [-0.05, 0) is 63.1 Å². The van der Waals surface area contributed by atoms with Gasteiger partial charge in [0.25, 0.3) is 0 Å². The smallest absolute Gasteiger partial charge is 0.310 e. The minimum absolute atomic E-state index is 0.0146. The molecule has 1 aliphatic rings. The highest BCUT2D eigenvalue weighted by Gasteiger charge is 2.59. The summed E-state index contributed by atoms with van der Waals surface area (Å²) in [7, 11) is 0. The van der Waals surface area contributed by atoms with Crippen LogP contribution in [0.25, 0.3) is 0 Å². The van der Waals surface area contributed by atoms with Gasteiger partial charge in [0.1, 0.15) is 24.7 Å². The molecule has 0 bridgehead atoms. The fourth-order valence-corrected chi connectivity index (χ4v) is 4.60. The molecular weight excluding hydrogens is 464 g/mol. The van der Waals surface area contributed by atoms with Gasteiger partial charge in [-0.1, -0.05) is 24.3 Å². The van der Waals surface area contributed by atoms with Crippen LogP contribution in [0.3, 0.4) is 0 Å². The average molecular weight is 501 g/mol. The van der Waals surface area contributed by atoms with Crippen molar-refractivity contribution in [1.82, 2.24) is 0 Å². The molecule has 2 N–H and O–H groups in total. The highest BCUT2D eigenvalue weighted by atomic mass is 16.6. The first-order chi connectivity index (χ1) is 17.2. The second kappa shape index (κ2) is 12.7. The first-order valence-corrected chi connectivity index (χ1v) is 12.3. The third-order valence-electron chi connectivity index (χ3n) is 6.21.